The molecule has 1 saturated heterocycles. The molecule has 0 spiro atoms. The van der Waals surface area contributed by atoms with E-state index in [1.54, 1.807) is 31.9 Å². The second-order valence-corrected chi connectivity index (χ2v) is 6.02. The Balaban J connectivity index is 2.00. The number of piperazine rings is 1. The van der Waals surface area contributed by atoms with Gasteiger partial charge in [-0.1, -0.05) is 17.7 Å². The summed E-state index contributed by atoms with van der Waals surface area (Å²) in [5, 5.41) is 0.535. The second-order valence-electron chi connectivity index (χ2n) is 5.62. The van der Waals surface area contributed by atoms with Crippen LogP contribution in [0.5, 0.6) is 5.75 Å². The number of carbonyl (C=O) groups excluding carboxylic acids is 2. The normalized spacial score (nSPS) is 22.2. The molecule has 1 heterocycles. The van der Waals surface area contributed by atoms with Gasteiger partial charge in [-0.15, -0.1) is 0 Å². The molecule has 0 bridgehead atoms. The summed E-state index contributed by atoms with van der Waals surface area (Å²) < 4.78 is 5.66. The van der Waals surface area contributed by atoms with E-state index in [0.717, 1.165) is 5.56 Å². The van der Waals surface area contributed by atoms with Crippen LogP contribution < -0.4 is 4.74 Å². The van der Waals surface area contributed by atoms with Crippen LogP contribution in [-0.4, -0.2) is 53.9 Å². The number of hydrogen-bond donors (Lipinski definition) is 0. The lowest BCUT2D eigenvalue weighted by atomic mass is 10.1. The number of ether oxygens (including phenoxy) is 1. The number of carbonyl (C=O) groups is 2. The molecule has 5 nitrogen and oxygen atoms in total. The van der Waals surface area contributed by atoms with E-state index in [-0.39, 0.29) is 11.8 Å². The van der Waals surface area contributed by atoms with Crippen LogP contribution in [0.2, 0.25) is 5.02 Å². The van der Waals surface area contributed by atoms with E-state index < -0.39 is 12.1 Å². The molecule has 1 aliphatic rings. The fourth-order valence-corrected chi connectivity index (χ4v) is 2.67. The van der Waals surface area contributed by atoms with Crippen molar-refractivity contribution in [2.75, 3.05) is 20.2 Å². The van der Waals surface area contributed by atoms with E-state index in [1.807, 2.05) is 19.1 Å². The molecule has 1 fully saturated rings. The van der Waals surface area contributed by atoms with Crippen molar-refractivity contribution < 1.29 is 14.3 Å². The number of benzene rings is 1. The fraction of sp³-hybridized carbons (Fsp3) is 0.500. The van der Waals surface area contributed by atoms with Gasteiger partial charge in [0.25, 0.3) is 0 Å². The Morgan fingerprint density at radius 3 is 2.55 bits per heavy atom. The van der Waals surface area contributed by atoms with Crippen LogP contribution in [0.15, 0.2) is 18.2 Å². The molecule has 0 saturated carbocycles. The lowest BCUT2D eigenvalue weighted by Crippen LogP contribution is -2.62. The minimum absolute atomic E-state index is 0.0549. The third kappa shape index (κ3) is 3.19. The minimum atomic E-state index is -0.467. The van der Waals surface area contributed by atoms with Crippen molar-refractivity contribution >= 4 is 23.4 Å². The van der Waals surface area contributed by atoms with Gasteiger partial charge in [-0.2, -0.15) is 0 Å². The smallest absolute Gasteiger partial charge is 0.245 e. The summed E-state index contributed by atoms with van der Waals surface area (Å²) in [5.41, 5.74) is 1.05. The molecular weight excluding hydrogens is 304 g/mol. The van der Waals surface area contributed by atoms with Gasteiger partial charge in [0, 0.05) is 7.05 Å². The van der Waals surface area contributed by atoms with Crippen molar-refractivity contribution in [1.82, 2.24) is 9.80 Å². The first kappa shape index (κ1) is 16.6. The molecule has 2 amide bonds. The molecule has 120 valence electrons. The predicted molar refractivity (Wildman–Crippen MR) is 85.1 cm³/mol. The molecule has 0 unspecified atom stereocenters. The Hall–Kier alpha value is -1.75. The molecule has 0 radical (unpaired) electrons. The van der Waals surface area contributed by atoms with Gasteiger partial charge in [-0.05, 0) is 38.5 Å². The fourth-order valence-electron chi connectivity index (χ4n) is 2.49. The second kappa shape index (κ2) is 6.57. The average molecular weight is 325 g/mol. The lowest BCUT2D eigenvalue weighted by molar-refractivity contribution is -0.158. The molecule has 1 aromatic carbocycles. The van der Waals surface area contributed by atoms with Gasteiger partial charge in [0.2, 0.25) is 11.8 Å². The number of likely N-dealkylation sites (N-methyl/N-ethyl adjacent to an activating group) is 1. The van der Waals surface area contributed by atoms with Crippen LogP contribution in [0.4, 0.5) is 0 Å². The highest BCUT2D eigenvalue weighted by molar-refractivity contribution is 6.32. The van der Waals surface area contributed by atoms with E-state index in [2.05, 4.69) is 0 Å². The first-order chi connectivity index (χ1) is 10.3. The number of nitrogens with zero attached hydrogens (tertiary/aromatic N) is 2. The monoisotopic (exact) mass is 324 g/mol. The van der Waals surface area contributed by atoms with Crippen LogP contribution in [0, 0.1) is 6.92 Å². The quantitative estimate of drug-likeness (QED) is 0.852. The molecule has 1 aliphatic heterocycles. The Labute approximate surface area is 135 Å². The zero-order chi connectivity index (χ0) is 16.4. The number of rotatable bonds is 4. The zero-order valence-corrected chi connectivity index (χ0v) is 14.1. The summed E-state index contributed by atoms with van der Waals surface area (Å²) in [6.07, 6.45) is 0. The Morgan fingerprint density at radius 1 is 1.18 bits per heavy atom. The van der Waals surface area contributed by atoms with Crippen molar-refractivity contribution in [3.8, 4) is 5.75 Å². The highest BCUT2D eigenvalue weighted by Gasteiger charge is 2.39. The van der Waals surface area contributed by atoms with Crippen LogP contribution in [-0.2, 0) is 9.59 Å². The first-order valence-corrected chi connectivity index (χ1v) is 7.67. The largest absolute Gasteiger partial charge is 0.490 e. The number of aryl methyl sites for hydroxylation is 1. The zero-order valence-electron chi connectivity index (χ0n) is 13.3. The Kier molecular flexibility index (Phi) is 4.96. The van der Waals surface area contributed by atoms with Crippen molar-refractivity contribution in [2.24, 2.45) is 0 Å². The van der Waals surface area contributed by atoms with Gasteiger partial charge < -0.3 is 14.5 Å². The van der Waals surface area contributed by atoms with Gasteiger partial charge >= 0.3 is 0 Å². The van der Waals surface area contributed by atoms with Crippen molar-refractivity contribution in [3.63, 3.8) is 0 Å². The molecular formula is C16H21ClN2O3. The maximum absolute atomic E-state index is 12.3. The van der Waals surface area contributed by atoms with Crippen molar-refractivity contribution in [1.29, 1.82) is 0 Å². The summed E-state index contributed by atoms with van der Waals surface area (Å²) >= 11 is 6.07. The summed E-state index contributed by atoms with van der Waals surface area (Å²) in [4.78, 5) is 27.5. The number of halogens is 1. The summed E-state index contributed by atoms with van der Waals surface area (Å²) in [7, 11) is 1.65. The van der Waals surface area contributed by atoms with E-state index in [1.165, 1.54) is 4.90 Å². The molecule has 0 N–H and O–H groups in total. The molecule has 1 aromatic rings. The van der Waals surface area contributed by atoms with E-state index >= 15 is 0 Å². The first-order valence-electron chi connectivity index (χ1n) is 7.29. The van der Waals surface area contributed by atoms with E-state index in [4.69, 9.17) is 16.3 Å². The predicted octanol–water partition coefficient (Wildman–Crippen LogP) is 2.10. The van der Waals surface area contributed by atoms with Gasteiger partial charge in [-0.25, -0.2) is 0 Å². The Bertz CT molecular complexity index is 591. The van der Waals surface area contributed by atoms with Crippen LogP contribution in [0.25, 0.3) is 0 Å². The van der Waals surface area contributed by atoms with Gasteiger partial charge in [0.05, 0.1) is 11.6 Å². The minimum Gasteiger partial charge on any atom is -0.490 e. The molecule has 0 aromatic heterocycles. The molecule has 0 aliphatic carbocycles. The van der Waals surface area contributed by atoms with Gasteiger partial charge in [-0.3, -0.25) is 9.59 Å². The molecule has 2 atom stereocenters. The maximum Gasteiger partial charge on any atom is 0.245 e. The number of hydrogen-bond acceptors (Lipinski definition) is 3. The van der Waals surface area contributed by atoms with Crippen LogP contribution >= 0.6 is 11.6 Å². The van der Waals surface area contributed by atoms with Crippen LogP contribution in [0.3, 0.4) is 0 Å². The van der Waals surface area contributed by atoms with Crippen LogP contribution in [0.1, 0.15) is 19.4 Å². The summed E-state index contributed by atoms with van der Waals surface area (Å²) in [5.74, 6) is 0.476. The lowest BCUT2D eigenvalue weighted by Gasteiger charge is -2.40. The third-order valence-corrected chi connectivity index (χ3v) is 4.38. The topological polar surface area (TPSA) is 49.9 Å². The average Bonchev–Trinajstić information content (AvgIpc) is 2.50. The summed E-state index contributed by atoms with van der Waals surface area (Å²) in [6, 6.07) is 4.63. The van der Waals surface area contributed by atoms with Crippen molar-refractivity contribution in [2.45, 2.75) is 32.9 Å². The molecule has 2 rings (SSSR count). The highest BCUT2D eigenvalue weighted by Crippen LogP contribution is 2.25. The number of amides is 2. The molecule has 22 heavy (non-hydrogen) atoms. The van der Waals surface area contributed by atoms with Gasteiger partial charge in [0.1, 0.15) is 24.4 Å². The van der Waals surface area contributed by atoms with Crippen molar-refractivity contribution in [3.05, 3.63) is 28.8 Å². The Morgan fingerprint density at radius 2 is 1.86 bits per heavy atom. The van der Waals surface area contributed by atoms with E-state index in [9.17, 15) is 9.59 Å². The highest BCUT2D eigenvalue weighted by atomic mass is 35.5. The standard InChI is InChI=1S/C16H21ClN2O3/c1-10-5-6-13(17)14(9-10)22-8-7-19-12(3)15(20)18(4)11(2)16(19)21/h5-6,9,11-12H,7-8H2,1-4H3/t11-,12-/m0/s1. The van der Waals surface area contributed by atoms with Gasteiger partial charge in [0.15, 0.2) is 0 Å². The molecule has 6 heteroatoms. The summed E-state index contributed by atoms with van der Waals surface area (Å²) in [6.45, 7) is 6.08. The van der Waals surface area contributed by atoms with E-state index in [0.29, 0.717) is 23.9 Å². The maximum atomic E-state index is 12.3. The SMILES string of the molecule is Cc1ccc(Cl)c(OCCN2C(=O)[C@H](C)N(C)C(=O)[C@@H]2C)c1. The third-order valence-electron chi connectivity index (χ3n) is 4.07.